The summed E-state index contributed by atoms with van der Waals surface area (Å²) in [5.74, 6) is 0.874. The zero-order chi connectivity index (χ0) is 9.26. The Bertz CT molecular complexity index is 442. The molecular formula is C10H8INO. The smallest absolute Gasteiger partial charge is 0.119 e. The van der Waals surface area contributed by atoms with Crippen molar-refractivity contribution in [3.8, 4) is 5.75 Å². The van der Waals surface area contributed by atoms with E-state index in [4.69, 9.17) is 4.74 Å². The van der Waals surface area contributed by atoms with E-state index in [1.807, 2.05) is 30.5 Å². The van der Waals surface area contributed by atoms with Gasteiger partial charge in [-0.05, 0) is 46.2 Å². The van der Waals surface area contributed by atoms with Crippen molar-refractivity contribution in [2.45, 2.75) is 0 Å². The van der Waals surface area contributed by atoms with Crippen LogP contribution in [0.4, 0.5) is 0 Å². The Balaban J connectivity index is 2.74. The third-order valence-electron chi connectivity index (χ3n) is 1.92. The molecule has 2 rings (SSSR count). The summed E-state index contributed by atoms with van der Waals surface area (Å²) in [5.41, 5.74) is 0. The fourth-order valence-corrected chi connectivity index (χ4v) is 1.87. The number of halogens is 1. The third-order valence-corrected chi connectivity index (χ3v) is 2.78. The van der Waals surface area contributed by atoms with Gasteiger partial charge in [-0.1, -0.05) is 6.07 Å². The standard InChI is InChI=1S/C10H8INO/c1-13-8-3-2-7-4-5-12-10(11)9(7)6-8/h2-6H,1H3. The van der Waals surface area contributed by atoms with Gasteiger partial charge in [0.05, 0.1) is 7.11 Å². The number of pyridine rings is 1. The van der Waals surface area contributed by atoms with Gasteiger partial charge >= 0.3 is 0 Å². The summed E-state index contributed by atoms with van der Waals surface area (Å²) in [4.78, 5) is 4.21. The molecule has 2 aromatic rings. The molecule has 0 radical (unpaired) electrons. The van der Waals surface area contributed by atoms with Crippen LogP contribution in [0.3, 0.4) is 0 Å². The summed E-state index contributed by atoms with van der Waals surface area (Å²) >= 11 is 2.22. The number of hydrogen-bond acceptors (Lipinski definition) is 2. The normalized spacial score (nSPS) is 10.3. The average Bonchev–Trinajstić information content (AvgIpc) is 2.18. The van der Waals surface area contributed by atoms with Crippen molar-refractivity contribution in [1.82, 2.24) is 4.98 Å². The highest BCUT2D eigenvalue weighted by atomic mass is 127. The number of benzene rings is 1. The second-order valence-electron chi connectivity index (χ2n) is 2.69. The Kier molecular flexibility index (Phi) is 2.35. The molecule has 0 amide bonds. The van der Waals surface area contributed by atoms with Crippen molar-refractivity contribution < 1.29 is 4.74 Å². The molecule has 2 nitrogen and oxygen atoms in total. The Morgan fingerprint density at radius 1 is 1.31 bits per heavy atom. The fraction of sp³-hybridized carbons (Fsp3) is 0.100. The van der Waals surface area contributed by atoms with Crippen LogP contribution >= 0.6 is 22.6 Å². The van der Waals surface area contributed by atoms with Gasteiger partial charge in [0, 0.05) is 11.6 Å². The minimum atomic E-state index is 0.874. The van der Waals surface area contributed by atoms with E-state index in [1.54, 1.807) is 7.11 Å². The highest BCUT2D eigenvalue weighted by Gasteiger charge is 1.99. The molecule has 3 heteroatoms. The van der Waals surface area contributed by atoms with Crippen LogP contribution in [0.1, 0.15) is 0 Å². The molecule has 0 unspecified atom stereocenters. The molecule has 0 fully saturated rings. The molecule has 0 atom stereocenters. The van der Waals surface area contributed by atoms with Crippen LogP contribution in [0.2, 0.25) is 0 Å². The lowest BCUT2D eigenvalue weighted by molar-refractivity contribution is 0.415. The number of methoxy groups -OCH3 is 1. The molecule has 13 heavy (non-hydrogen) atoms. The van der Waals surface area contributed by atoms with E-state index in [0.717, 1.165) is 14.8 Å². The van der Waals surface area contributed by atoms with Crippen molar-refractivity contribution in [3.05, 3.63) is 34.2 Å². The zero-order valence-corrected chi connectivity index (χ0v) is 9.28. The Hall–Kier alpha value is -0.840. The van der Waals surface area contributed by atoms with E-state index in [1.165, 1.54) is 5.39 Å². The van der Waals surface area contributed by atoms with Gasteiger partial charge in [0.25, 0.3) is 0 Å². The molecule has 66 valence electrons. The second kappa shape index (κ2) is 3.49. The summed E-state index contributed by atoms with van der Waals surface area (Å²) in [6.45, 7) is 0. The van der Waals surface area contributed by atoms with E-state index in [0.29, 0.717) is 0 Å². The molecule has 1 aromatic carbocycles. The molecule has 1 heterocycles. The minimum absolute atomic E-state index is 0.874. The fourth-order valence-electron chi connectivity index (χ4n) is 1.24. The van der Waals surface area contributed by atoms with E-state index < -0.39 is 0 Å². The van der Waals surface area contributed by atoms with Crippen LogP contribution in [0.25, 0.3) is 10.8 Å². The first-order valence-electron chi connectivity index (χ1n) is 3.89. The lowest BCUT2D eigenvalue weighted by Crippen LogP contribution is -1.85. The number of fused-ring (bicyclic) bond motifs is 1. The van der Waals surface area contributed by atoms with Gasteiger partial charge in [-0.15, -0.1) is 0 Å². The van der Waals surface area contributed by atoms with Gasteiger partial charge in [-0.3, -0.25) is 0 Å². The van der Waals surface area contributed by atoms with Crippen molar-refractivity contribution in [2.75, 3.05) is 7.11 Å². The first-order chi connectivity index (χ1) is 6.31. The van der Waals surface area contributed by atoms with E-state index in [-0.39, 0.29) is 0 Å². The zero-order valence-electron chi connectivity index (χ0n) is 7.12. The van der Waals surface area contributed by atoms with Crippen LogP contribution in [-0.2, 0) is 0 Å². The number of hydrogen-bond donors (Lipinski definition) is 0. The molecule has 0 saturated carbocycles. The van der Waals surface area contributed by atoms with Crippen LogP contribution in [-0.4, -0.2) is 12.1 Å². The molecule has 0 aliphatic heterocycles. The summed E-state index contributed by atoms with van der Waals surface area (Å²) in [7, 11) is 1.67. The predicted molar refractivity (Wildman–Crippen MR) is 61.0 cm³/mol. The lowest BCUT2D eigenvalue weighted by atomic mass is 10.2. The highest BCUT2D eigenvalue weighted by molar-refractivity contribution is 14.1. The molecule has 0 spiro atoms. The van der Waals surface area contributed by atoms with Crippen LogP contribution in [0.5, 0.6) is 5.75 Å². The van der Waals surface area contributed by atoms with Gasteiger partial charge in [0.1, 0.15) is 9.45 Å². The summed E-state index contributed by atoms with van der Waals surface area (Å²) in [6.07, 6.45) is 1.82. The van der Waals surface area contributed by atoms with E-state index in [2.05, 4.69) is 27.6 Å². The number of ether oxygens (including phenoxy) is 1. The number of rotatable bonds is 1. The van der Waals surface area contributed by atoms with Crippen molar-refractivity contribution in [1.29, 1.82) is 0 Å². The lowest BCUT2D eigenvalue weighted by Gasteiger charge is -2.02. The number of nitrogens with zero attached hydrogens (tertiary/aromatic N) is 1. The molecule has 1 aromatic heterocycles. The Morgan fingerprint density at radius 2 is 2.15 bits per heavy atom. The quantitative estimate of drug-likeness (QED) is 0.593. The maximum absolute atomic E-state index is 5.15. The maximum atomic E-state index is 5.15. The average molecular weight is 285 g/mol. The molecule has 0 N–H and O–H groups in total. The van der Waals surface area contributed by atoms with Crippen molar-refractivity contribution in [2.24, 2.45) is 0 Å². The van der Waals surface area contributed by atoms with Gasteiger partial charge in [-0.2, -0.15) is 0 Å². The van der Waals surface area contributed by atoms with Crippen LogP contribution < -0.4 is 4.74 Å². The SMILES string of the molecule is COc1ccc2ccnc(I)c2c1. The molecule has 0 aliphatic rings. The maximum Gasteiger partial charge on any atom is 0.119 e. The van der Waals surface area contributed by atoms with Crippen LogP contribution in [0, 0.1) is 3.70 Å². The van der Waals surface area contributed by atoms with Crippen molar-refractivity contribution in [3.63, 3.8) is 0 Å². The topological polar surface area (TPSA) is 22.1 Å². The third kappa shape index (κ3) is 1.60. The second-order valence-corrected chi connectivity index (χ2v) is 3.71. The van der Waals surface area contributed by atoms with E-state index in [9.17, 15) is 0 Å². The Labute approximate surface area is 90.1 Å². The largest absolute Gasteiger partial charge is 0.497 e. The monoisotopic (exact) mass is 285 g/mol. The van der Waals surface area contributed by atoms with Gasteiger partial charge in [0.2, 0.25) is 0 Å². The summed E-state index contributed by atoms with van der Waals surface area (Å²) in [6, 6.07) is 8.00. The number of aromatic nitrogens is 1. The van der Waals surface area contributed by atoms with Gasteiger partial charge in [-0.25, -0.2) is 4.98 Å². The first-order valence-corrected chi connectivity index (χ1v) is 4.97. The van der Waals surface area contributed by atoms with Gasteiger partial charge in [0.15, 0.2) is 0 Å². The van der Waals surface area contributed by atoms with Crippen LogP contribution in [0.15, 0.2) is 30.5 Å². The van der Waals surface area contributed by atoms with E-state index >= 15 is 0 Å². The molecule has 0 aliphatic carbocycles. The molecular weight excluding hydrogens is 277 g/mol. The van der Waals surface area contributed by atoms with Gasteiger partial charge < -0.3 is 4.74 Å². The first kappa shape index (κ1) is 8.74. The summed E-state index contributed by atoms with van der Waals surface area (Å²) in [5, 5.41) is 2.34. The highest BCUT2D eigenvalue weighted by Crippen LogP contribution is 2.23. The molecule has 0 saturated heterocycles. The van der Waals surface area contributed by atoms with Crippen molar-refractivity contribution >= 4 is 33.4 Å². The summed E-state index contributed by atoms with van der Waals surface area (Å²) < 4.78 is 6.15. The Morgan fingerprint density at radius 3 is 2.92 bits per heavy atom. The predicted octanol–water partition coefficient (Wildman–Crippen LogP) is 2.85. The molecule has 0 bridgehead atoms. The minimum Gasteiger partial charge on any atom is -0.497 e.